The molecular weight excluding hydrogens is 378 g/mol. The lowest BCUT2D eigenvalue weighted by molar-refractivity contribution is 0.0947. The van der Waals surface area contributed by atoms with Gasteiger partial charge in [0.2, 0.25) is 0 Å². The molecule has 1 saturated heterocycles. The molecule has 1 fully saturated rings. The zero-order valence-electron chi connectivity index (χ0n) is 17.3. The predicted octanol–water partition coefficient (Wildman–Crippen LogP) is 1.79. The van der Waals surface area contributed by atoms with Gasteiger partial charge in [0.15, 0.2) is 0 Å². The van der Waals surface area contributed by atoms with Crippen LogP contribution in [0.1, 0.15) is 27.9 Å². The molecule has 4 N–H and O–H groups in total. The molecule has 2 aromatic rings. The molecular formula is C23H31N5O2. The molecule has 0 atom stereocenters. The number of benzene rings is 2. The van der Waals surface area contributed by atoms with Crippen LogP contribution in [0, 0.1) is 0 Å². The number of rotatable bonds is 9. The molecule has 0 unspecified atom stereocenters. The third-order valence-electron chi connectivity index (χ3n) is 5.33. The lowest BCUT2D eigenvalue weighted by atomic mass is 10.1. The first-order valence-electron chi connectivity index (χ1n) is 10.5. The Labute approximate surface area is 178 Å². The van der Waals surface area contributed by atoms with Gasteiger partial charge in [0, 0.05) is 51.4 Å². The number of nitrogens with two attached hydrogens (primary N) is 1. The van der Waals surface area contributed by atoms with Gasteiger partial charge in [-0.15, -0.1) is 0 Å². The van der Waals surface area contributed by atoms with Crippen molar-refractivity contribution in [3.05, 3.63) is 71.3 Å². The van der Waals surface area contributed by atoms with E-state index in [2.05, 4.69) is 50.8 Å². The normalized spacial score (nSPS) is 14.9. The van der Waals surface area contributed by atoms with E-state index in [1.54, 1.807) is 12.1 Å². The minimum Gasteiger partial charge on any atom is -0.352 e. The molecule has 0 aliphatic carbocycles. The molecule has 30 heavy (non-hydrogen) atoms. The largest absolute Gasteiger partial charge is 0.352 e. The Bertz CT molecular complexity index is 802. The maximum absolute atomic E-state index is 12.3. The molecule has 3 rings (SSSR count). The molecule has 0 radical (unpaired) electrons. The molecule has 0 bridgehead atoms. The molecule has 2 aromatic carbocycles. The molecule has 3 amide bonds. The fourth-order valence-corrected chi connectivity index (χ4v) is 3.58. The average molecular weight is 410 g/mol. The summed E-state index contributed by atoms with van der Waals surface area (Å²) >= 11 is 0. The fourth-order valence-electron chi connectivity index (χ4n) is 3.58. The minimum atomic E-state index is -0.561. The summed E-state index contributed by atoms with van der Waals surface area (Å²) in [5.41, 5.74) is 7.94. The van der Waals surface area contributed by atoms with E-state index in [9.17, 15) is 9.59 Å². The minimum absolute atomic E-state index is 0.0721. The summed E-state index contributed by atoms with van der Waals surface area (Å²) < 4.78 is 0. The lowest BCUT2D eigenvalue weighted by Gasteiger charge is -2.34. The van der Waals surface area contributed by atoms with Crippen LogP contribution >= 0.6 is 0 Å². The summed E-state index contributed by atoms with van der Waals surface area (Å²) in [6.45, 7) is 7.34. The average Bonchev–Trinajstić information content (AvgIpc) is 2.77. The molecule has 160 valence electrons. The predicted molar refractivity (Wildman–Crippen MR) is 118 cm³/mol. The Morgan fingerprint density at radius 1 is 0.833 bits per heavy atom. The van der Waals surface area contributed by atoms with Crippen molar-refractivity contribution < 1.29 is 9.59 Å². The number of nitrogens with zero attached hydrogens (tertiary/aromatic N) is 2. The van der Waals surface area contributed by atoms with Gasteiger partial charge >= 0.3 is 6.03 Å². The topological polar surface area (TPSA) is 90.7 Å². The molecule has 0 aromatic heterocycles. The van der Waals surface area contributed by atoms with Crippen molar-refractivity contribution in [1.82, 2.24) is 20.4 Å². The Morgan fingerprint density at radius 2 is 1.50 bits per heavy atom. The van der Waals surface area contributed by atoms with Crippen LogP contribution in [0.3, 0.4) is 0 Å². The van der Waals surface area contributed by atoms with Crippen LogP contribution in [-0.4, -0.2) is 61.0 Å². The van der Waals surface area contributed by atoms with Crippen molar-refractivity contribution in [3.63, 3.8) is 0 Å². The zero-order chi connectivity index (χ0) is 21.2. The van der Waals surface area contributed by atoms with Crippen molar-refractivity contribution in [1.29, 1.82) is 0 Å². The van der Waals surface area contributed by atoms with E-state index in [0.717, 1.165) is 51.3 Å². The number of amides is 3. The van der Waals surface area contributed by atoms with E-state index in [1.807, 2.05) is 12.1 Å². The third kappa shape index (κ3) is 7.17. The molecule has 0 saturated carbocycles. The maximum Gasteiger partial charge on any atom is 0.312 e. The first-order valence-corrected chi connectivity index (χ1v) is 10.5. The van der Waals surface area contributed by atoms with Gasteiger partial charge in [0.25, 0.3) is 5.91 Å². The van der Waals surface area contributed by atoms with Crippen LogP contribution in [0.25, 0.3) is 0 Å². The number of carbonyl (C=O) groups is 2. The molecule has 1 aliphatic heterocycles. The Balaban J connectivity index is 1.29. The number of hydrogen-bond acceptors (Lipinski definition) is 4. The van der Waals surface area contributed by atoms with Crippen molar-refractivity contribution >= 4 is 11.9 Å². The zero-order valence-corrected chi connectivity index (χ0v) is 17.3. The SMILES string of the molecule is NC(=O)NCc1ccc(C(=O)NCCCN2CCN(Cc3ccccc3)CC2)cc1. The van der Waals surface area contributed by atoms with Gasteiger partial charge in [0.1, 0.15) is 0 Å². The molecule has 7 heteroatoms. The molecule has 1 heterocycles. The molecule has 7 nitrogen and oxygen atoms in total. The second-order valence-corrected chi connectivity index (χ2v) is 7.63. The highest BCUT2D eigenvalue weighted by Crippen LogP contribution is 2.09. The number of primary amides is 1. The van der Waals surface area contributed by atoms with Crippen LogP contribution < -0.4 is 16.4 Å². The van der Waals surface area contributed by atoms with Gasteiger partial charge in [-0.1, -0.05) is 42.5 Å². The van der Waals surface area contributed by atoms with Crippen LogP contribution in [0.5, 0.6) is 0 Å². The van der Waals surface area contributed by atoms with Crippen molar-refractivity contribution in [2.45, 2.75) is 19.5 Å². The van der Waals surface area contributed by atoms with Gasteiger partial charge in [0.05, 0.1) is 0 Å². The standard InChI is InChI=1S/C23H31N5O2/c24-23(30)26-17-19-7-9-21(10-8-19)22(29)25-11-4-12-27-13-15-28(16-14-27)18-20-5-2-1-3-6-20/h1-3,5-10H,4,11-18H2,(H,25,29)(H3,24,26,30). The molecule has 1 aliphatic rings. The summed E-state index contributed by atoms with van der Waals surface area (Å²) in [6.07, 6.45) is 0.936. The Morgan fingerprint density at radius 3 is 2.17 bits per heavy atom. The van der Waals surface area contributed by atoms with E-state index in [0.29, 0.717) is 18.7 Å². The van der Waals surface area contributed by atoms with Gasteiger partial charge in [-0.25, -0.2) is 4.79 Å². The lowest BCUT2D eigenvalue weighted by Crippen LogP contribution is -2.46. The van der Waals surface area contributed by atoms with Crippen LogP contribution in [0.4, 0.5) is 4.79 Å². The second kappa shape index (κ2) is 11.3. The van der Waals surface area contributed by atoms with Crippen LogP contribution in [0.2, 0.25) is 0 Å². The third-order valence-corrected chi connectivity index (χ3v) is 5.33. The van der Waals surface area contributed by atoms with E-state index in [1.165, 1.54) is 5.56 Å². The summed E-state index contributed by atoms with van der Waals surface area (Å²) in [4.78, 5) is 28.0. The number of nitrogens with one attached hydrogen (secondary N) is 2. The summed E-state index contributed by atoms with van der Waals surface area (Å²) in [7, 11) is 0. The number of urea groups is 1. The highest BCUT2D eigenvalue weighted by atomic mass is 16.2. The smallest absolute Gasteiger partial charge is 0.312 e. The van der Waals surface area contributed by atoms with Gasteiger partial charge in [-0.2, -0.15) is 0 Å². The van der Waals surface area contributed by atoms with Crippen LogP contribution in [0.15, 0.2) is 54.6 Å². The van der Waals surface area contributed by atoms with E-state index >= 15 is 0 Å². The first kappa shape index (κ1) is 21.8. The van der Waals surface area contributed by atoms with E-state index in [4.69, 9.17) is 5.73 Å². The highest BCUT2D eigenvalue weighted by molar-refractivity contribution is 5.94. The molecule has 0 spiro atoms. The summed E-state index contributed by atoms with van der Waals surface area (Å²) in [5.74, 6) is -0.0721. The maximum atomic E-state index is 12.3. The van der Waals surface area contributed by atoms with Crippen molar-refractivity contribution in [3.8, 4) is 0 Å². The van der Waals surface area contributed by atoms with Crippen molar-refractivity contribution in [2.24, 2.45) is 5.73 Å². The van der Waals surface area contributed by atoms with Gasteiger partial charge in [-0.05, 0) is 36.2 Å². The monoisotopic (exact) mass is 409 g/mol. The fraction of sp³-hybridized carbons (Fsp3) is 0.391. The van der Waals surface area contributed by atoms with E-state index < -0.39 is 6.03 Å². The summed E-state index contributed by atoms with van der Waals surface area (Å²) in [5, 5.41) is 5.51. The van der Waals surface area contributed by atoms with Crippen LogP contribution in [-0.2, 0) is 13.1 Å². The quantitative estimate of drug-likeness (QED) is 0.551. The van der Waals surface area contributed by atoms with Gasteiger partial charge in [-0.3, -0.25) is 9.69 Å². The summed E-state index contributed by atoms with van der Waals surface area (Å²) in [6, 6.07) is 17.2. The second-order valence-electron chi connectivity index (χ2n) is 7.63. The Kier molecular flexibility index (Phi) is 8.23. The Hall–Kier alpha value is -2.90. The van der Waals surface area contributed by atoms with E-state index in [-0.39, 0.29) is 5.91 Å². The number of carbonyl (C=O) groups excluding carboxylic acids is 2. The number of hydrogen-bond donors (Lipinski definition) is 3. The number of piperazine rings is 1. The highest BCUT2D eigenvalue weighted by Gasteiger charge is 2.16. The van der Waals surface area contributed by atoms with Gasteiger partial charge < -0.3 is 21.3 Å². The first-order chi connectivity index (χ1) is 14.6. The van der Waals surface area contributed by atoms with Crippen molar-refractivity contribution in [2.75, 3.05) is 39.3 Å².